The Bertz CT molecular complexity index is 904. The molecule has 0 unspecified atom stereocenters. The van der Waals surface area contributed by atoms with Gasteiger partial charge in [0.05, 0.1) is 10.4 Å². The number of rotatable bonds is 3. The zero-order valence-corrected chi connectivity index (χ0v) is 17.7. The van der Waals surface area contributed by atoms with E-state index in [0.717, 1.165) is 30.1 Å². The van der Waals surface area contributed by atoms with E-state index in [0.29, 0.717) is 18.8 Å². The summed E-state index contributed by atoms with van der Waals surface area (Å²) in [5.74, 6) is 0.00390. The molecule has 2 fully saturated rings. The molecule has 1 spiro atoms. The quantitative estimate of drug-likeness (QED) is 0.793. The van der Waals surface area contributed by atoms with Gasteiger partial charge >= 0.3 is 0 Å². The molecule has 2 aliphatic rings. The first-order chi connectivity index (χ1) is 13.3. The second kappa shape index (κ2) is 6.99. The Morgan fingerprint density at radius 2 is 2.18 bits per heavy atom. The highest BCUT2D eigenvalue weighted by Crippen LogP contribution is 2.49. The van der Waals surface area contributed by atoms with Crippen molar-refractivity contribution in [1.82, 2.24) is 24.6 Å². The minimum atomic E-state index is -0.583. The van der Waals surface area contributed by atoms with E-state index in [-0.39, 0.29) is 23.8 Å². The molecule has 0 aromatic carbocycles. The summed E-state index contributed by atoms with van der Waals surface area (Å²) >= 11 is 1.48. The minimum absolute atomic E-state index is 0.0590. The van der Waals surface area contributed by atoms with Gasteiger partial charge in [0.2, 0.25) is 5.91 Å². The number of hydrogen-bond acceptors (Lipinski definition) is 5. The highest BCUT2D eigenvalue weighted by atomic mass is 32.1. The molecule has 150 valence electrons. The van der Waals surface area contributed by atoms with Crippen LogP contribution < -0.4 is 0 Å². The van der Waals surface area contributed by atoms with Gasteiger partial charge in [-0.25, -0.2) is 4.98 Å². The predicted molar refractivity (Wildman–Crippen MR) is 107 cm³/mol. The summed E-state index contributed by atoms with van der Waals surface area (Å²) < 4.78 is 2.00. The van der Waals surface area contributed by atoms with Crippen LogP contribution in [0.1, 0.15) is 59.8 Å². The maximum absolute atomic E-state index is 13.4. The lowest BCUT2D eigenvalue weighted by molar-refractivity contribution is -0.144. The fourth-order valence-electron chi connectivity index (χ4n) is 4.79. The van der Waals surface area contributed by atoms with Crippen LogP contribution >= 0.6 is 11.3 Å². The molecule has 0 radical (unpaired) electrons. The molecule has 2 aromatic rings. The first-order valence-corrected chi connectivity index (χ1v) is 10.7. The SMILES string of the molecule is Cc1nc(C(=O)N2C[C@@H](c3ccnn3C(C)C)[C@@]3(CCCN(C)C3=O)C2)cs1. The largest absolute Gasteiger partial charge is 0.345 e. The van der Waals surface area contributed by atoms with Crippen molar-refractivity contribution in [3.8, 4) is 0 Å². The monoisotopic (exact) mass is 401 g/mol. The van der Waals surface area contributed by atoms with Gasteiger partial charge in [-0.15, -0.1) is 11.3 Å². The van der Waals surface area contributed by atoms with E-state index in [2.05, 4.69) is 23.9 Å². The number of aromatic nitrogens is 3. The van der Waals surface area contributed by atoms with Crippen molar-refractivity contribution >= 4 is 23.2 Å². The molecule has 2 aromatic heterocycles. The van der Waals surface area contributed by atoms with E-state index >= 15 is 0 Å². The van der Waals surface area contributed by atoms with Gasteiger partial charge < -0.3 is 9.80 Å². The second-order valence-electron chi connectivity index (χ2n) is 8.27. The first kappa shape index (κ1) is 19.1. The summed E-state index contributed by atoms with van der Waals surface area (Å²) in [4.78, 5) is 34.5. The first-order valence-electron chi connectivity index (χ1n) is 9.84. The van der Waals surface area contributed by atoms with E-state index in [1.807, 2.05) is 39.9 Å². The number of likely N-dealkylation sites (tertiary alicyclic amines) is 2. The van der Waals surface area contributed by atoms with E-state index in [4.69, 9.17) is 0 Å². The normalized spacial score (nSPS) is 25.3. The van der Waals surface area contributed by atoms with Crippen LogP contribution in [-0.2, 0) is 4.79 Å². The summed E-state index contributed by atoms with van der Waals surface area (Å²) in [5.41, 5.74) is 0.941. The molecule has 2 aliphatic heterocycles. The van der Waals surface area contributed by atoms with Crippen LogP contribution in [-0.4, -0.2) is 63.1 Å². The third-order valence-electron chi connectivity index (χ3n) is 6.10. The van der Waals surface area contributed by atoms with Crippen molar-refractivity contribution in [2.24, 2.45) is 5.41 Å². The van der Waals surface area contributed by atoms with Crippen molar-refractivity contribution in [3.05, 3.63) is 34.0 Å². The smallest absolute Gasteiger partial charge is 0.273 e. The molecule has 28 heavy (non-hydrogen) atoms. The Balaban J connectivity index is 1.74. The topological polar surface area (TPSA) is 71.3 Å². The average Bonchev–Trinajstić information content (AvgIpc) is 3.37. The van der Waals surface area contributed by atoms with Crippen molar-refractivity contribution < 1.29 is 9.59 Å². The van der Waals surface area contributed by atoms with E-state index in [1.54, 1.807) is 6.20 Å². The molecule has 0 N–H and O–H groups in total. The number of aryl methyl sites for hydroxylation is 1. The van der Waals surface area contributed by atoms with Crippen molar-refractivity contribution in [3.63, 3.8) is 0 Å². The zero-order valence-electron chi connectivity index (χ0n) is 16.9. The fourth-order valence-corrected chi connectivity index (χ4v) is 5.37. The van der Waals surface area contributed by atoms with Gasteiger partial charge in [0.1, 0.15) is 5.69 Å². The van der Waals surface area contributed by atoms with Gasteiger partial charge in [0, 0.05) is 55.9 Å². The second-order valence-corrected chi connectivity index (χ2v) is 9.33. The van der Waals surface area contributed by atoms with Crippen LogP contribution in [0.4, 0.5) is 0 Å². The molecule has 2 saturated heterocycles. The molecule has 0 aliphatic carbocycles. The molecule has 4 rings (SSSR count). The third-order valence-corrected chi connectivity index (χ3v) is 6.88. The lowest BCUT2D eigenvalue weighted by Crippen LogP contribution is -2.51. The summed E-state index contributed by atoms with van der Waals surface area (Å²) in [7, 11) is 1.87. The number of carbonyl (C=O) groups excluding carboxylic acids is 2. The molecular weight excluding hydrogens is 374 g/mol. The standard InChI is InChI=1S/C20H27N5O2S/c1-13(2)25-17(6-8-21-25)15-10-24(18(26)16-11-28-14(3)22-16)12-20(15)7-5-9-23(4)19(20)27/h6,8,11,13,15H,5,7,9-10,12H2,1-4H3/t15-,20+/m0/s1. The fraction of sp³-hybridized carbons (Fsp3) is 0.600. The Labute approximate surface area is 169 Å². The maximum Gasteiger partial charge on any atom is 0.273 e. The molecule has 4 heterocycles. The van der Waals surface area contributed by atoms with Crippen LogP contribution in [0.5, 0.6) is 0 Å². The molecule has 8 heteroatoms. The van der Waals surface area contributed by atoms with Crippen molar-refractivity contribution in [1.29, 1.82) is 0 Å². The van der Waals surface area contributed by atoms with Gasteiger partial charge in [-0.1, -0.05) is 0 Å². The van der Waals surface area contributed by atoms with Crippen LogP contribution in [0.2, 0.25) is 0 Å². The summed E-state index contributed by atoms with van der Waals surface area (Å²) in [6, 6.07) is 2.21. The maximum atomic E-state index is 13.4. The van der Waals surface area contributed by atoms with Gasteiger partial charge in [0.25, 0.3) is 5.91 Å². The van der Waals surface area contributed by atoms with Gasteiger partial charge in [0.15, 0.2) is 0 Å². The molecule has 2 amide bonds. The highest BCUT2D eigenvalue weighted by molar-refractivity contribution is 7.09. The molecule has 0 bridgehead atoms. The molecule has 0 saturated carbocycles. The Morgan fingerprint density at radius 3 is 2.86 bits per heavy atom. The number of thiazole rings is 1. The van der Waals surface area contributed by atoms with Gasteiger partial charge in [-0.3, -0.25) is 14.3 Å². The summed E-state index contributed by atoms with van der Waals surface area (Å²) in [6.45, 7) is 7.82. The van der Waals surface area contributed by atoms with Gasteiger partial charge in [-0.05, 0) is 39.7 Å². The number of amides is 2. The van der Waals surface area contributed by atoms with Crippen LogP contribution in [0.3, 0.4) is 0 Å². The van der Waals surface area contributed by atoms with E-state index in [1.165, 1.54) is 11.3 Å². The Kier molecular flexibility index (Phi) is 4.77. The van der Waals surface area contributed by atoms with Gasteiger partial charge in [-0.2, -0.15) is 5.10 Å². The van der Waals surface area contributed by atoms with Crippen molar-refractivity contribution in [2.45, 2.75) is 45.6 Å². The number of hydrogen-bond donors (Lipinski definition) is 0. The molecular formula is C20H27N5O2S. The van der Waals surface area contributed by atoms with Crippen LogP contribution in [0, 0.1) is 12.3 Å². The van der Waals surface area contributed by atoms with E-state index in [9.17, 15) is 9.59 Å². The summed E-state index contributed by atoms with van der Waals surface area (Å²) in [5, 5.41) is 7.18. The Hall–Kier alpha value is -2.22. The summed E-state index contributed by atoms with van der Waals surface area (Å²) in [6.07, 6.45) is 3.55. The number of piperidine rings is 1. The van der Waals surface area contributed by atoms with Crippen molar-refractivity contribution in [2.75, 3.05) is 26.7 Å². The highest BCUT2D eigenvalue weighted by Gasteiger charge is 2.56. The zero-order chi connectivity index (χ0) is 20.1. The third kappa shape index (κ3) is 2.94. The lowest BCUT2D eigenvalue weighted by atomic mass is 9.70. The van der Waals surface area contributed by atoms with E-state index < -0.39 is 5.41 Å². The van der Waals surface area contributed by atoms with Crippen LogP contribution in [0.15, 0.2) is 17.6 Å². The predicted octanol–water partition coefficient (Wildman–Crippen LogP) is 2.71. The number of nitrogens with zero attached hydrogens (tertiary/aromatic N) is 5. The molecule has 2 atom stereocenters. The van der Waals surface area contributed by atoms with Crippen LogP contribution in [0.25, 0.3) is 0 Å². The average molecular weight is 402 g/mol. The molecule has 7 nitrogen and oxygen atoms in total. The number of carbonyl (C=O) groups is 2. The minimum Gasteiger partial charge on any atom is -0.345 e. The Morgan fingerprint density at radius 1 is 1.39 bits per heavy atom. The lowest BCUT2D eigenvalue weighted by Gasteiger charge is -2.41.